The van der Waals surface area contributed by atoms with Crippen LogP contribution in [0.25, 0.3) is 0 Å². The second-order valence-electron chi connectivity index (χ2n) is 6.88. The number of rotatable bonds is 8. The van der Waals surface area contributed by atoms with Gasteiger partial charge in [-0.1, -0.05) is 27.7 Å². The molecule has 0 aliphatic carbocycles. The average molecular weight is 272 g/mol. The summed E-state index contributed by atoms with van der Waals surface area (Å²) in [6.45, 7) is 14.6. The Morgan fingerprint density at radius 1 is 1.26 bits per heavy atom. The molecule has 0 radical (unpaired) electrons. The highest BCUT2D eigenvalue weighted by Crippen LogP contribution is 2.15. The van der Waals surface area contributed by atoms with Gasteiger partial charge < -0.3 is 15.2 Å². The highest BCUT2D eigenvalue weighted by Gasteiger charge is 2.23. The van der Waals surface area contributed by atoms with Crippen LogP contribution in [-0.4, -0.2) is 62.0 Å². The summed E-state index contributed by atoms with van der Waals surface area (Å²) < 4.78 is 5.44. The van der Waals surface area contributed by atoms with E-state index in [-0.39, 0.29) is 12.0 Å². The van der Waals surface area contributed by atoms with Crippen LogP contribution >= 0.6 is 0 Å². The summed E-state index contributed by atoms with van der Waals surface area (Å²) in [6, 6.07) is 0.582. The number of morpholine rings is 1. The lowest BCUT2D eigenvalue weighted by Gasteiger charge is -2.36. The molecule has 19 heavy (non-hydrogen) atoms. The van der Waals surface area contributed by atoms with Gasteiger partial charge in [0.2, 0.25) is 0 Å². The van der Waals surface area contributed by atoms with E-state index in [2.05, 4.69) is 37.9 Å². The van der Waals surface area contributed by atoms with Crippen molar-refractivity contribution in [2.75, 3.05) is 46.0 Å². The molecule has 0 aromatic rings. The van der Waals surface area contributed by atoms with E-state index in [9.17, 15) is 5.11 Å². The highest BCUT2D eigenvalue weighted by atomic mass is 16.5. The number of aliphatic hydroxyl groups is 1. The fraction of sp³-hybridized carbons (Fsp3) is 1.00. The van der Waals surface area contributed by atoms with Gasteiger partial charge in [-0.05, 0) is 12.3 Å². The lowest BCUT2D eigenvalue weighted by Crippen LogP contribution is -2.49. The molecule has 0 bridgehead atoms. The lowest BCUT2D eigenvalue weighted by atomic mass is 9.94. The first kappa shape index (κ1) is 16.9. The monoisotopic (exact) mass is 272 g/mol. The molecule has 0 saturated carbocycles. The molecule has 4 heteroatoms. The summed E-state index contributed by atoms with van der Waals surface area (Å²) in [7, 11) is 0. The maximum Gasteiger partial charge on any atom is 0.0594 e. The van der Waals surface area contributed by atoms with Gasteiger partial charge in [-0.25, -0.2) is 0 Å². The van der Waals surface area contributed by atoms with Gasteiger partial charge in [0.1, 0.15) is 0 Å². The van der Waals surface area contributed by atoms with Crippen molar-refractivity contribution in [1.29, 1.82) is 0 Å². The third-order valence-corrected chi connectivity index (χ3v) is 3.72. The second-order valence-corrected chi connectivity index (χ2v) is 6.88. The highest BCUT2D eigenvalue weighted by molar-refractivity contribution is 4.79. The predicted molar refractivity (Wildman–Crippen MR) is 79.4 cm³/mol. The Kier molecular flexibility index (Phi) is 7.29. The van der Waals surface area contributed by atoms with Crippen molar-refractivity contribution < 1.29 is 9.84 Å². The van der Waals surface area contributed by atoms with Gasteiger partial charge in [0.05, 0.1) is 13.2 Å². The maximum atomic E-state index is 9.29. The third kappa shape index (κ3) is 6.70. The molecule has 114 valence electrons. The largest absolute Gasteiger partial charge is 0.396 e. The smallest absolute Gasteiger partial charge is 0.0594 e. The Bertz CT molecular complexity index is 238. The van der Waals surface area contributed by atoms with E-state index in [4.69, 9.17) is 4.74 Å². The Morgan fingerprint density at radius 3 is 2.42 bits per heavy atom. The summed E-state index contributed by atoms with van der Waals surface area (Å²) in [6.07, 6.45) is 1.21. The van der Waals surface area contributed by atoms with Crippen molar-refractivity contribution in [1.82, 2.24) is 10.2 Å². The summed E-state index contributed by atoms with van der Waals surface area (Å²) in [5.74, 6) is 0.709. The van der Waals surface area contributed by atoms with Gasteiger partial charge in [-0.2, -0.15) is 0 Å². The van der Waals surface area contributed by atoms with Crippen molar-refractivity contribution in [2.45, 2.75) is 40.2 Å². The van der Waals surface area contributed by atoms with Gasteiger partial charge in [0.15, 0.2) is 0 Å². The minimum absolute atomic E-state index is 0.0343. The van der Waals surface area contributed by atoms with E-state index in [0.29, 0.717) is 12.0 Å². The number of hydrogen-bond acceptors (Lipinski definition) is 4. The summed E-state index contributed by atoms with van der Waals surface area (Å²) in [4.78, 5) is 2.54. The minimum Gasteiger partial charge on any atom is -0.396 e. The molecule has 1 aliphatic heterocycles. The van der Waals surface area contributed by atoms with Crippen LogP contribution in [0.2, 0.25) is 0 Å². The second kappa shape index (κ2) is 8.20. The number of nitrogens with one attached hydrogen (secondary N) is 1. The molecular formula is C15H32N2O2. The van der Waals surface area contributed by atoms with Crippen molar-refractivity contribution in [3.05, 3.63) is 0 Å². The molecule has 0 spiro atoms. The molecule has 1 heterocycles. The summed E-state index contributed by atoms with van der Waals surface area (Å²) >= 11 is 0. The van der Waals surface area contributed by atoms with E-state index in [1.165, 1.54) is 6.42 Å². The summed E-state index contributed by atoms with van der Waals surface area (Å²) in [5, 5.41) is 12.8. The molecule has 4 nitrogen and oxygen atoms in total. The van der Waals surface area contributed by atoms with Crippen LogP contribution in [0.1, 0.15) is 34.1 Å². The van der Waals surface area contributed by atoms with Crippen LogP contribution in [0.5, 0.6) is 0 Å². The Labute approximate surface area is 118 Å². The Balaban J connectivity index is 2.40. The predicted octanol–water partition coefficient (Wildman–Crippen LogP) is 1.34. The van der Waals surface area contributed by atoms with Crippen LogP contribution in [0, 0.1) is 11.3 Å². The molecule has 1 aliphatic rings. The number of nitrogens with zero attached hydrogens (tertiary/aromatic N) is 1. The molecule has 0 amide bonds. The molecule has 1 saturated heterocycles. The van der Waals surface area contributed by atoms with Crippen molar-refractivity contribution in [2.24, 2.45) is 11.3 Å². The van der Waals surface area contributed by atoms with Gasteiger partial charge in [0, 0.05) is 44.2 Å². The van der Waals surface area contributed by atoms with Gasteiger partial charge in [-0.3, -0.25) is 4.90 Å². The third-order valence-electron chi connectivity index (χ3n) is 3.72. The zero-order valence-corrected chi connectivity index (χ0v) is 13.1. The number of ether oxygens (including phenoxy) is 1. The topological polar surface area (TPSA) is 44.7 Å². The van der Waals surface area contributed by atoms with E-state index in [1.807, 2.05) is 0 Å². The quantitative estimate of drug-likeness (QED) is 0.700. The molecule has 2 N–H and O–H groups in total. The van der Waals surface area contributed by atoms with Crippen LogP contribution in [0.4, 0.5) is 0 Å². The van der Waals surface area contributed by atoms with Gasteiger partial charge in [0.25, 0.3) is 0 Å². The molecule has 0 aromatic carbocycles. The Morgan fingerprint density at radius 2 is 1.89 bits per heavy atom. The van der Waals surface area contributed by atoms with E-state index < -0.39 is 0 Å². The van der Waals surface area contributed by atoms with Crippen LogP contribution in [-0.2, 0) is 4.74 Å². The van der Waals surface area contributed by atoms with Crippen molar-refractivity contribution in [3.8, 4) is 0 Å². The molecule has 0 aromatic heterocycles. The van der Waals surface area contributed by atoms with Crippen LogP contribution in [0.3, 0.4) is 0 Å². The first-order chi connectivity index (χ1) is 8.94. The molecular weight excluding hydrogens is 240 g/mol. The first-order valence-corrected chi connectivity index (χ1v) is 7.58. The maximum absolute atomic E-state index is 9.29. The lowest BCUT2D eigenvalue weighted by molar-refractivity contribution is 0.0116. The summed E-state index contributed by atoms with van der Waals surface area (Å²) in [5.41, 5.74) is -0.0343. The zero-order valence-electron chi connectivity index (χ0n) is 13.1. The van der Waals surface area contributed by atoms with Crippen LogP contribution < -0.4 is 5.32 Å². The SMILES string of the molecule is CC(C)CC(CNCC(C)(C)CO)N1CCOCC1. The minimum atomic E-state index is -0.0343. The van der Waals surface area contributed by atoms with E-state index >= 15 is 0 Å². The van der Waals surface area contributed by atoms with Gasteiger partial charge in [-0.15, -0.1) is 0 Å². The number of aliphatic hydroxyl groups excluding tert-OH is 1. The van der Waals surface area contributed by atoms with Crippen molar-refractivity contribution >= 4 is 0 Å². The fourth-order valence-electron chi connectivity index (χ4n) is 2.48. The van der Waals surface area contributed by atoms with E-state index in [0.717, 1.165) is 39.4 Å². The van der Waals surface area contributed by atoms with Gasteiger partial charge >= 0.3 is 0 Å². The standard InChI is InChI=1S/C15H32N2O2/c1-13(2)9-14(17-5-7-19-8-6-17)10-16-11-15(3,4)12-18/h13-14,16,18H,5-12H2,1-4H3. The zero-order chi connectivity index (χ0) is 14.3. The van der Waals surface area contributed by atoms with Crippen molar-refractivity contribution in [3.63, 3.8) is 0 Å². The normalized spacial score (nSPS) is 19.9. The molecule has 1 atom stereocenters. The first-order valence-electron chi connectivity index (χ1n) is 7.58. The fourth-order valence-corrected chi connectivity index (χ4v) is 2.48. The van der Waals surface area contributed by atoms with E-state index in [1.54, 1.807) is 0 Å². The molecule has 1 unspecified atom stereocenters. The molecule has 1 rings (SSSR count). The Hall–Kier alpha value is -0.160. The number of hydrogen-bond donors (Lipinski definition) is 2. The molecule has 1 fully saturated rings. The van der Waals surface area contributed by atoms with Crippen LogP contribution in [0.15, 0.2) is 0 Å². The average Bonchev–Trinajstić information content (AvgIpc) is 2.38.